The summed E-state index contributed by atoms with van der Waals surface area (Å²) in [5.74, 6) is -1.49. The van der Waals surface area contributed by atoms with Gasteiger partial charge in [-0.05, 0) is 48.4 Å². The molecular weight excluding hydrogens is 455 g/mol. The van der Waals surface area contributed by atoms with E-state index < -0.39 is 33.5 Å². The van der Waals surface area contributed by atoms with Crippen LogP contribution in [0.4, 0.5) is 13.2 Å². The van der Waals surface area contributed by atoms with Crippen LogP contribution in [0.5, 0.6) is 0 Å². The molecule has 0 unspecified atom stereocenters. The molecule has 0 amide bonds. The maximum atomic E-state index is 13.0. The highest BCUT2D eigenvalue weighted by atomic mass is 35.5. The van der Waals surface area contributed by atoms with Crippen LogP contribution in [-0.4, -0.2) is 29.2 Å². The Kier molecular flexibility index (Phi) is 6.47. The van der Waals surface area contributed by atoms with E-state index in [1.807, 2.05) is 0 Å². The van der Waals surface area contributed by atoms with Gasteiger partial charge in [-0.1, -0.05) is 35.9 Å². The predicted molar refractivity (Wildman–Crippen MR) is 113 cm³/mol. The van der Waals surface area contributed by atoms with Crippen LogP contribution >= 0.6 is 11.6 Å². The number of hydrogen-bond donors (Lipinski definition) is 1. The van der Waals surface area contributed by atoms with Crippen LogP contribution in [-0.2, 0) is 27.4 Å². The number of aryl methyl sites for hydroxylation is 1. The zero-order valence-corrected chi connectivity index (χ0v) is 17.5. The number of aromatic nitrogens is 1. The first-order chi connectivity index (χ1) is 14.5. The fourth-order valence-electron chi connectivity index (χ4n) is 3.12. The smallest absolute Gasteiger partial charge is 0.416 e. The topological polar surface area (TPSA) is 76.4 Å². The molecule has 3 aromatic rings. The predicted octanol–water partition coefficient (Wildman–Crippen LogP) is 5.22. The van der Waals surface area contributed by atoms with Gasteiger partial charge in [-0.15, -0.1) is 0 Å². The van der Waals surface area contributed by atoms with E-state index in [1.165, 1.54) is 30.4 Å². The Morgan fingerprint density at radius 1 is 1.10 bits per heavy atom. The van der Waals surface area contributed by atoms with Crippen molar-refractivity contribution >= 4 is 44.6 Å². The summed E-state index contributed by atoms with van der Waals surface area (Å²) in [5.41, 5.74) is 0.298. The Morgan fingerprint density at radius 2 is 1.77 bits per heavy atom. The molecule has 31 heavy (non-hydrogen) atoms. The zero-order chi connectivity index (χ0) is 22.8. The minimum atomic E-state index is -4.45. The highest BCUT2D eigenvalue weighted by Crippen LogP contribution is 2.29. The van der Waals surface area contributed by atoms with E-state index >= 15 is 0 Å². The molecule has 1 heterocycles. The third-order valence-corrected chi connectivity index (χ3v) is 6.36. The molecule has 164 valence electrons. The van der Waals surface area contributed by atoms with E-state index in [0.717, 1.165) is 16.1 Å². The van der Waals surface area contributed by atoms with Gasteiger partial charge in [-0.25, -0.2) is 12.4 Å². The van der Waals surface area contributed by atoms with E-state index in [0.29, 0.717) is 27.2 Å². The van der Waals surface area contributed by atoms with Crippen molar-refractivity contribution in [2.75, 3.05) is 5.75 Å². The lowest BCUT2D eigenvalue weighted by molar-refractivity contribution is -0.138. The number of alkyl halides is 3. The first-order valence-corrected chi connectivity index (χ1v) is 11.0. The lowest BCUT2D eigenvalue weighted by Gasteiger charge is -2.10. The molecule has 1 aromatic heterocycles. The standard InChI is InChI=1S/C21H17ClF3NO4S/c22-17-7-9-19-15(12-17)13-18(8-10-20(27)28)26(19)31(29,30)11-1-2-14-3-5-16(6-4-14)21(23,24)25/h1-7,9,12-13H,8,10-11H2,(H,27,28). The molecule has 0 fully saturated rings. The number of fused-ring (bicyclic) bond motifs is 1. The van der Waals surface area contributed by atoms with Crippen LogP contribution in [0.3, 0.4) is 0 Å². The molecule has 0 spiro atoms. The summed E-state index contributed by atoms with van der Waals surface area (Å²) in [6.45, 7) is 0. The normalized spacial score (nSPS) is 12.6. The van der Waals surface area contributed by atoms with Gasteiger partial charge in [0.25, 0.3) is 0 Å². The van der Waals surface area contributed by atoms with Gasteiger partial charge >= 0.3 is 12.1 Å². The minimum Gasteiger partial charge on any atom is -0.481 e. The van der Waals surface area contributed by atoms with Gasteiger partial charge in [0.1, 0.15) is 0 Å². The number of carboxylic acids is 1. The van der Waals surface area contributed by atoms with E-state index in [2.05, 4.69) is 0 Å². The van der Waals surface area contributed by atoms with Gasteiger partial charge in [0.05, 0.1) is 23.3 Å². The molecule has 0 radical (unpaired) electrons. The monoisotopic (exact) mass is 471 g/mol. The van der Waals surface area contributed by atoms with Crippen LogP contribution < -0.4 is 0 Å². The summed E-state index contributed by atoms with van der Waals surface area (Å²) in [5, 5.41) is 9.93. The molecule has 0 atom stereocenters. The highest BCUT2D eigenvalue weighted by Gasteiger charge is 2.29. The van der Waals surface area contributed by atoms with Gasteiger partial charge in [0, 0.05) is 16.1 Å². The van der Waals surface area contributed by atoms with Gasteiger partial charge < -0.3 is 5.11 Å². The number of aliphatic carboxylic acids is 1. The number of nitrogens with zero attached hydrogens (tertiary/aromatic N) is 1. The largest absolute Gasteiger partial charge is 0.481 e. The molecule has 0 aliphatic rings. The van der Waals surface area contributed by atoms with Crippen molar-refractivity contribution in [2.45, 2.75) is 19.0 Å². The molecule has 0 saturated heterocycles. The minimum absolute atomic E-state index is 0.00345. The molecule has 1 N–H and O–H groups in total. The first kappa shape index (κ1) is 22.9. The Morgan fingerprint density at radius 3 is 2.39 bits per heavy atom. The van der Waals surface area contributed by atoms with Crippen LogP contribution in [0, 0.1) is 0 Å². The fourth-order valence-corrected chi connectivity index (χ4v) is 4.76. The van der Waals surface area contributed by atoms with Crippen molar-refractivity contribution in [3.63, 3.8) is 0 Å². The van der Waals surface area contributed by atoms with Gasteiger partial charge in [0.2, 0.25) is 10.0 Å². The average molecular weight is 472 g/mol. The summed E-state index contributed by atoms with van der Waals surface area (Å²) in [4.78, 5) is 11.0. The maximum absolute atomic E-state index is 13.0. The molecule has 2 aromatic carbocycles. The van der Waals surface area contributed by atoms with Crippen LogP contribution in [0.15, 0.2) is 54.6 Å². The molecule has 5 nitrogen and oxygen atoms in total. The second-order valence-corrected chi connectivity index (χ2v) is 9.10. The van der Waals surface area contributed by atoms with Crippen molar-refractivity contribution in [2.24, 2.45) is 0 Å². The van der Waals surface area contributed by atoms with E-state index in [1.54, 1.807) is 18.2 Å². The second-order valence-electron chi connectivity index (χ2n) is 6.80. The molecule has 0 saturated carbocycles. The number of carbonyl (C=O) groups is 1. The molecule has 0 aliphatic carbocycles. The Balaban J connectivity index is 1.89. The van der Waals surface area contributed by atoms with Gasteiger partial charge in [-0.3, -0.25) is 4.79 Å². The lowest BCUT2D eigenvalue weighted by Crippen LogP contribution is -2.18. The van der Waals surface area contributed by atoms with Crippen molar-refractivity contribution < 1.29 is 31.5 Å². The van der Waals surface area contributed by atoms with Crippen LogP contribution in [0.2, 0.25) is 5.02 Å². The summed E-state index contributed by atoms with van der Waals surface area (Å²) >= 11 is 5.98. The van der Waals surface area contributed by atoms with E-state index in [9.17, 15) is 26.4 Å². The van der Waals surface area contributed by atoms with Crippen molar-refractivity contribution in [1.29, 1.82) is 0 Å². The highest BCUT2D eigenvalue weighted by molar-refractivity contribution is 7.90. The Hall–Kier alpha value is -2.78. The quantitative estimate of drug-likeness (QED) is 0.512. The number of halogens is 4. The third kappa shape index (κ3) is 5.48. The maximum Gasteiger partial charge on any atom is 0.416 e. The summed E-state index contributed by atoms with van der Waals surface area (Å²) in [6.07, 6.45) is -1.95. The first-order valence-electron chi connectivity index (χ1n) is 9.06. The lowest BCUT2D eigenvalue weighted by atomic mass is 10.1. The number of benzene rings is 2. The fraction of sp³-hybridized carbons (Fsp3) is 0.190. The zero-order valence-electron chi connectivity index (χ0n) is 15.9. The van der Waals surface area contributed by atoms with E-state index in [4.69, 9.17) is 16.7 Å². The van der Waals surface area contributed by atoms with Crippen molar-refractivity contribution in [1.82, 2.24) is 3.97 Å². The molecular formula is C21H17ClF3NO4S. The number of carboxylic acid groups (broad SMARTS) is 1. The average Bonchev–Trinajstić information content (AvgIpc) is 3.04. The molecule has 0 bridgehead atoms. The van der Waals surface area contributed by atoms with Crippen molar-refractivity contribution in [3.8, 4) is 0 Å². The summed E-state index contributed by atoms with van der Waals surface area (Å²) in [7, 11) is -3.92. The number of hydrogen-bond acceptors (Lipinski definition) is 3. The SMILES string of the molecule is O=C(O)CCc1cc2cc(Cl)ccc2n1S(=O)(=O)CC=Cc1ccc(C(F)(F)F)cc1. The molecule has 10 heteroatoms. The molecule has 0 aliphatic heterocycles. The van der Waals surface area contributed by atoms with Crippen LogP contribution in [0.1, 0.15) is 23.2 Å². The number of rotatable bonds is 7. The second kappa shape index (κ2) is 8.76. The van der Waals surface area contributed by atoms with Gasteiger partial charge in [0.15, 0.2) is 0 Å². The summed E-state index contributed by atoms with van der Waals surface area (Å²) < 4.78 is 65.1. The summed E-state index contributed by atoms with van der Waals surface area (Å²) in [6, 6.07) is 10.6. The molecule has 3 rings (SSSR count). The van der Waals surface area contributed by atoms with Crippen molar-refractivity contribution in [3.05, 3.63) is 76.5 Å². The third-order valence-electron chi connectivity index (χ3n) is 4.52. The Bertz CT molecular complexity index is 1250. The Labute approximate surface area is 181 Å². The van der Waals surface area contributed by atoms with Crippen LogP contribution in [0.25, 0.3) is 17.0 Å². The van der Waals surface area contributed by atoms with E-state index in [-0.39, 0.29) is 12.8 Å². The van der Waals surface area contributed by atoms with Gasteiger partial charge in [-0.2, -0.15) is 13.2 Å².